The Balaban J connectivity index is 1.06. The van der Waals surface area contributed by atoms with Crippen LogP contribution in [0.2, 0.25) is 0 Å². The monoisotopic (exact) mass is 625 g/mol. The number of carbonyl (C=O) groups excluding carboxylic acids is 1. The standard InChI is InChI=1S/C33H36FN9O3/c1-22(2)36-17-31(44)43-10-9-30(28(34)18-43)46-29-8-3-23(15-24(29)16-35)32-37-21-38-33(40-32)39-25-4-6-26(7-5-25)41-11-13-42(14-12-41)27-19-45-20-27/h3-8,15,17,21,27-28,30H,1,9-14,18-20H2,2H3,(H,37,38,39,40)/t28-,30+/m1/s1. The van der Waals surface area contributed by atoms with Crippen molar-refractivity contribution in [3.63, 3.8) is 0 Å². The summed E-state index contributed by atoms with van der Waals surface area (Å²) in [6.07, 6.45) is 0.608. The minimum Gasteiger partial charge on any atom is -0.486 e. The molecule has 3 aliphatic rings. The van der Waals surface area contributed by atoms with Gasteiger partial charge in [0, 0.05) is 61.8 Å². The van der Waals surface area contributed by atoms with Gasteiger partial charge in [0.05, 0.1) is 37.6 Å². The van der Waals surface area contributed by atoms with E-state index in [2.05, 4.69) is 59.8 Å². The third kappa shape index (κ3) is 7.30. The minimum absolute atomic E-state index is 0.122. The largest absolute Gasteiger partial charge is 0.486 e. The van der Waals surface area contributed by atoms with E-state index >= 15 is 4.39 Å². The number of benzene rings is 2. The Bertz CT molecular complexity index is 1630. The van der Waals surface area contributed by atoms with Gasteiger partial charge in [0.25, 0.3) is 5.91 Å². The van der Waals surface area contributed by atoms with Crippen molar-refractivity contribution in [2.45, 2.75) is 31.7 Å². The number of piperidine rings is 1. The zero-order valence-electron chi connectivity index (χ0n) is 25.7. The van der Waals surface area contributed by atoms with E-state index in [0.29, 0.717) is 35.6 Å². The van der Waals surface area contributed by atoms with Crippen molar-refractivity contribution in [2.75, 3.05) is 62.7 Å². The first-order valence-electron chi connectivity index (χ1n) is 15.3. The van der Waals surface area contributed by atoms with Gasteiger partial charge in [0.1, 0.15) is 24.3 Å². The molecule has 0 saturated carbocycles. The van der Waals surface area contributed by atoms with Crippen molar-refractivity contribution in [3.8, 4) is 23.2 Å². The van der Waals surface area contributed by atoms with Crippen molar-refractivity contribution in [2.24, 2.45) is 4.99 Å². The number of alkyl halides is 1. The van der Waals surface area contributed by atoms with Crippen LogP contribution in [0.15, 0.2) is 66.1 Å². The summed E-state index contributed by atoms with van der Waals surface area (Å²) >= 11 is 0. The van der Waals surface area contributed by atoms with E-state index in [4.69, 9.17) is 9.47 Å². The summed E-state index contributed by atoms with van der Waals surface area (Å²) in [5.41, 5.74) is 3.31. The molecule has 13 heteroatoms. The molecule has 6 rings (SSSR count). The van der Waals surface area contributed by atoms with E-state index in [1.807, 2.05) is 12.1 Å². The van der Waals surface area contributed by atoms with Gasteiger partial charge >= 0.3 is 0 Å². The predicted molar refractivity (Wildman–Crippen MR) is 172 cm³/mol. The number of carbonyl (C=O) groups is 1. The lowest BCUT2D eigenvalue weighted by Gasteiger charge is -2.43. The maximum atomic E-state index is 15.0. The molecule has 0 radical (unpaired) electrons. The van der Waals surface area contributed by atoms with E-state index in [1.54, 1.807) is 25.1 Å². The van der Waals surface area contributed by atoms with Crippen LogP contribution in [0.1, 0.15) is 18.9 Å². The number of likely N-dealkylation sites (tertiary alicyclic amines) is 1. The van der Waals surface area contributed by atoms with Gasteiger partial charge in [-0.05, 0) is 49.4 Å². The molecule has 0 unspecified atom stereocenters. The molecule has 1 aromatic heterocycles. The number of piperazine rings is 1. The molecule has 2 atom stereocenters. The number of anilines is 3. The quantitative estimate of drug-likeness (QED) is 0.352. The molecule has 1 amide bonds. The van der Waals surface area contributed by atoms with Crippen molar-refractivity contribution >= 4 is 29.4 Å². The average molecular weight is 626 g/mol. The number of rotatable bonds is 9. The number of allylic oxidation sites excluding steroid dienone is 1. The van der Waals surface area contributed by atoms with Gasteiger partial charge in [-0.1, -0.05) is 6.58 Å². The second kappa shape index (κ2) is 14.0. The fraction of sp³-hybridized carbons (Fsp3) is 0.394. The molecule has 0 spiro atoms. The second-order valence-electron chi connectivity index (χ2n) is 11.6. The average Bonchev–Trinajstić information content (AvgIpc) is 3.05. The fourth-order valence-electron chi connectivity index (χ4n) is 5.65. The summed E-state index contributed by atoms with van der Waals surface area (Å²) in [6.45, 7) is 11.2. The Morgan fingerprint density at radius 3 is 2.61 bits per heavy atom. The number of nitrogens with zero attached hydrogens (tertiary/aromatic N) is 8. The lowest BCUT2D eigenvalue weighted by molar-refractivity contribution is -0.127. The number of hydrogen-bond acceptors (Lipinski definition) is 11. The number of aliphatic imine (C=N–C) groups is 1. The normalized spacial score (nSPS) is 20.6. The number of hydrogen-bond donors (Lipinski definition) is 1. The fourth-order valence-corrected chi connectivity index (χ4v) is 5.65. The van der Waals surface area contributed by atoms with Gasteiger partial charge in [0.2, 0.25) is 5.95 Å². The van der Waals surface area contributed by atoms with Crippen LogP contribution in [0, 0.1) is 11.3 Å². The highest BCUT2D eigenvalue weighted by molar-refractivity contribution is 6.26. The lowest BCUT2D eigenvalue weighted by atomic mass is 10.0. The third-order valence-electron chi connectivity index (χ3n) is 8.34. The van der Waals surface area contributed by atoms with Gasteiger partial charge in [-0.2, -0.15) is 10.2 Å². The van der Waals surface area contributed by atoms with E-state index in [1.165, 1.54) is 16.9 Å². The number of nitrogens with one attached hydrogen (secondary N) is 1. The summed E-state index contributed by atoms with van der Waals surface area (Å²) in [4.78, 5) is 35.6. The predicted octanol–water partition coefficient (Wildman–Crippen LogP) is 3.60. The minimum atomic E-state index is -1.42. The van der Waals surface area contributed by atoms with Gasteiger partial charge in [0.15, 0.2) is 12.0 Å². The van der Waals surface area contributed by atoms with Crippen molar-refractivity contribution in [1.29, 1.82) is 5.26 Å². The lowest BCUT2D eigenvalue weighted by Crippen LogP contribution is -2.56. The summed E-state index contributed by atoms with van der Waals surface area (Å²) in [5.74, 6) is 0.619. The number of ether oxygens (including phenoxy) is 2. The Morgan fingerprint density at radius 2 is 1.93 bits per heavy atom. The van der Waals surface area contributed by atoms with Gasteiger partial charge in [-0.25, -0.2) is 14.4 Å². The van der Waals surface area contributed by atoms with E-state index < -0.39 is 12.3 Å². The highest BCUT2D eigenvalue weighted by Gasteiger charge is 2.33. The van der Waals surface area contributed by atoms with Crippen molar-refractivity contribution in [1.82, 2.24) is 24.8 Å². The van der Waals surface area contributed by atoms with E-state index in [9.17, 15) is 10.1 Å². The Hall–Kier alpha value is -4.93. The molecule has 0 bridgehead atoms. The molecule has 0 aliphatic carbocycles. The second-order valence-corrected chi connectivity index (χ2v) is 11.6. The molecule has 3 aromatic rings. The molecule has 3 saturated heterocycles. The zero-order chi connectivity index (χ0) is 32.0. The summed E-state index contributed by atoms with van der Waals surface area (Å²) in [6, 6.07) is 15.8. The molecule has 238 valence electrons. The zero-order valence-corrected chi connectivity index (χ0v) is 25.7. The maximum Gasteiger partial charge on any atom is 0.265 e. The molecule has 2 aromatic carbocycles. The Labute approximate surface area is 267 Å². The molecular formula is C33H36FN9O3. The van der Waals surface area contributed by atoms with Gasteiger partial charge in [-0.3, -0.25) is 14.7 Å². The van der Waals surface area contributed by atoms with Crippen molar-refractivity contribution < 1.29 is 18.7 Å². The summed E-state index contributed by atoms with van der Waals surface area (Å²) < 4.78 is 26.3. The maximum absolute atomic E-state index is 15.0. The van der Waals surface area contributed by atoms with Crippen LogP contribution in [0.3, 0.4) is 0 Å². The van der Waals surface area contributed by atoms with Crippen LogP contribution in [0.5, 0.6) is 5.75 Å². The number of halogens is 1. The molecule has 3 aliphatic heterocycles. The van der Waals surface area contributed by atoms with E-state index in [-0.39, 0.29) is 30.2 Å². The van der Waals surface area contributed by atoms with Crippen LogP contribution in [-0.4, -0.2) is 108 Å². The number of nitriles is 1. The van der Waals surface area contributed by atoms with Gasteiger partial charge < -0.3 is 24.6 Å². The van der Waals surface area contributed by atoms with Crippen LogP contribution in [0.25, 0.3) is 11.4 Å². The summed E-state index contributed by atoms with van der Waals surface area (Å²) in [7, 11) is 0. The third-order valence-corrected chi connectivity index (χ3v) is 8.34. The number of amides is 1. The van der Waals surface area contributed by atoms with Gasteiger partial charge in [-0.15, -0.1) is 0 Å². The summed E-state index contributed by atoms with van der Waals surface area (Å²) in [5, 5.41) is 13.1. The first kappa shape index (κ1) is 31.1. The van der Waals surface area contributed by atoms with Crippen LogP contribution >= 0.6 is 0 Å². The van der Waals surface area contributed by atoms with Crippen LogP contribution in [-0.2, 0) is 9.53 Å². The highest BCUT2D eigenvalue weighted by Crippen LogP contribution is 2.29. The first-order valence-corrected chi connectivity index (χ1v) is 15.3. The SMILES string of the molecule is C=C(C)N=CC(=O)N1CC[C@H](Oc2ccc(-c3ncnc(Nc4ccc(N5CCN(C6COC6)CC5)cc4)n3)cc2C#N)[C@H](F)C1. The van der Waals surface area contributed by atoms with Crippen molar-refractivity contribution in [3.05, 3.63) is 66.6 Å². The number of aromatic nitrogens is 3. The van der Waals surface area contributed by atoms with E-state index in [0.717, 1.165) is 51.3 Å². The molecular weight excluding hydrogens is 589 g/mol. The molecule has 4 heterocycles. The first-order chi connectivity index (χ1) is 22.4. The molecule has 1 N–H and O–H groups in total. The molecule has 46 heavy (non-hydrogen) atoms. The van der Waals surface area contributed by atoms with Crippen LogP contribution in [0.4, 0.5) is 21.7 Å². The topological polar surface area (TPSA) is 132 Å². The smallest absolute Gasteiger partial charge is 0.265 e. The Kier molecular flexibility index (Phi) is 9.46. The van der Waals surface area contributed by atoms with Crippen LogP contribution < -0.4 is 15.0 Å². The highest BCUT2D eigenvalue weighted by atomic mass is 19.1. The Morgan fingerprint density at radius 1 is 1.15 bits per heavy atom. The molecule has 12 nitrogen and oxygen atoms in total. The molecule has 3 fully saturated rings.